The molecule has 0 atom stereocenters. The number of nitrogens with one attached hydrogen (secondary N) is 1. The van der Waals surface area contributed by atoms with Crippen LogP contribution < -0.4 is 0 Å². The van der Waals surface area contributed by atoms with E-state index in [4.69, 9.17) is 0 Å². The van der Waals surface area contributed by atoms with Crippen molar-refractivity contribution in [1.29, 1.82) is 0 Å². The van der Waals surface area contributed by atoms with E-state index in [-0.39, 0.29) is 12.4 Å². The number of hydrogen-bond donors (Lipinski definition) is 1. The second-order valence-corrected chi connectivity index (χ2v) is 3.92. The van der Waals surface area contributed by atoms with E-state index in [1.54, 1.807) is 18.5 Å². The second-order valence-electron chi connectivity index (χ2n) is 3.92. The second kappa shape index (κ2) is 5.54. The van der Waals surface area contributed by atoms with Gasteiger partial charge in [0.15, 0.2) is 11.6 Å². The van der Waals surface area contributed by atoms with E-state index in [1.165, 1.54) is 0 Å². The molecular weight excluding hydrogens is 218 g/mol. The number of unbranched alkanes of at least 4 members (excludes halogenated alkanes) is 2. The number of nitrogens with zero attached hydrogens (tertiary/aromatic N) is 2. The minimum absolute atomic E-state index is 0.00732. The third-order valence-corrected chi connectivity index (χ3v) is 2.60. The number of carbonyl (C=O) groups excluding carboxylic acids is 1. The molecule has 1 N–H and O–H groups in total. The predicted octanol–water partition coefficient (Wildman–Crippen LogP) is 2.13. The van der Waals surface area contributed by atoms with Gasteiger partial charge in [0.1, 0.15) is 5.52 Å². The summed E-state index contributed by atoms with van der Waals surface area (Å²) in [6.45, 7) is -0.0650. The van der Waals surface area contributed by atoms with Crippen LogP contribution in [0.3, 0.4) is 0 Å². The van der Waals surface area contributed by atoms with Crippen LogP contribution in [-0.4, -0.2) is 27.3 Å². The lowest BCUT2D eigenvalue weighted by molar-refractivity contribution is 0.0968. The summed E-state index contributed by atoms with van der Waals surface area (Å²) in [7, 11) is 0. The molecule has 2 aromatic heterocycles. The van der Waals surface area contributed by atoms with Crippen LogP contribution >= 0.6 is 0 Å². The first-order chi connectivity index (χ1) is 8.31. The van der Waals surface area contributed by atoms with Gasteiger partial charge >= 0.3 is 0 Å². The largest absolute Gasteiger partial charge is 0.335 e. The summed E-state index contributed by atoms with van der Waals surface area (Å²) in [5, 5.41) is 10.3. The van der Waals surface area contributed by atoms with E-state index in [0.29, 0.717) is 24.2 Å². The fourth-order valence-corrected chi connectivity index (χ4v) is 1.67. The standard InChI is InChI=1S/C12H14N3O2/c16-7-3-1-2-4-11(17)12-14-9-5-6-13-8-10(9)15-12/h5-6,8H,1-4,7H2,(H,14,15). The van der Waals surface area contributed by atoms with Crippen LogP contribution in [0.2, 0.25) is 0 Å². The average molecular weight is 232 g/mol. The van der Waals surface area contributed by atoms with Gasteiger partial charge < -0.3 is 4.98 Å². The molecule has 0 amide bonds. The van der Waals surface area contributed by atoms with Crippen molar-refractivity contribution in [1.82, 2.24) is 15.0 Å². The Bertz CT molecular complexity index is 474. The smallest absolute Gasteiger partial charge is 0.198 e. The van der Waals surface area contributed by atoms with E-state index in [9.17, 15) is 9.90 Å². The van der Waals surface area contributed by atoms with Gasteiger partial charge in [-0.3, -0.25) is 9.78 Å². The van der Waals surface area contributed by atoms with Gasteiger partial charge in [0.05, 0.1) is 18.3 Å². The van der Waals surface area contributed by atoms with Crippen molar-refractivity contribution >= 4 is 16.8 Å². The van der Waals surface area contributed by atoms with Gasteiger partial charge in [0.25, 0.3) is 0 Å². The number of carbonyl (C=O) groups is 1. The molecule has 0 spiro atoms. The molecule has 2 rings (SSSR count). The number of hydrogen-bond acceptors (Lipinski definition) is 3. The van der Waals surface area contributed by atoms with Crippen LogP contribution in [0.15, 0.2) is 18.5 Å². The van der Waals surface area contributed by atoms with Gasteiger partial charge in [0.2, 0.25) is 0 Å². The summed E-state index contributed by atoms with van der Waals surface area (Å²) in [5.74, 6) is 0.377. The van der Waals surface area contributed by atoms with Crippen LogP contribution in [0.5, 0.6) is 0 Å². The number of H-pyrrole nitrogens is 1. The Morgan fingerprint density at radius 1 is 1.29 bits per heavy atom. The maximum absolute atomic E-state index is 11.8. The lowest BCUT2D eigenvalue weighted by Gasteiger charge is -1.96. The number of aromatic nitrogens is 3. The van der Waals surface area contributed by atoms with E-state index in [0.717, 1.165) is 18.4 Å². The summed E-state index contributed by atoms with van der Waals surface area (Å²) in [6, 6.07) is 1.79. The number of imidazole rings is 1. The molecule has 0 saturated carbocycles. The Balaban J connectivity index is 1.99. The third kappa shape index (κ3) is 2.88. The number of pyridine rings is 1. The third-order valence-electron chi connectivity index (χ3n) is 2.60. The number of fused-ring (bicyclic) bond motifs is 1. The zero-order chi connectivity index (χ0) is 12.1. The van der Waals surface area contributed by atoms with Crippen LogP contribution in [0.25, 0.3) is 11.0 Å². The molecule has 0 unspecified atom stereocenters. The highest BCUT2D eigenvalue weighted by molar-refractivity contribution is 5.95. The SMILES string of the molecule is [O]CCCCCC(=O)c1nc2cnccc2[nH]1. The van der Waals surface area contributed by atoms with Crippen LogP contribution in [0.4, 0.5) is 0 Å². The Hall–Kier alpha value is -1.75. The fourth-order valence-electron chi connectivity index (χ4n) is 1.67. The first kappa shape index (κ1) is 11.7. The highest BCUT2D eigenvalue weighted by atomic mass is 16.2. The molecule has 0 aliphatic heterocycles. The van der Waals surface area contributed by atoms with Crippen LogP contribution in [0, 0.1) is 0 Å². The van der Waals surface area contributed by atoms with Crippen LogP contribution in [-0.2, 0) is 5.11 Å². The Morgan fingerprint density at radius 3 is 2.94 bits per heavy atom. The maximum Gasteiger partial charge on any atom is 0.198 e. The van der Waals surface area contributed by atoms with Gasteiger partial charge in [0, 0.05) is 12.6 Å². The molecular formula is C12H14N3O2. The van der Waals surface area contributed by atoms with Gasteiger partial charge in [-0.25, -0.2) is 10.1 Å². The normalized spacial score (nSPS) is 10.9. The molecule has 2 aromatic rings. The van der Waals surface area contributed by atoms with E-state index in [1.807, 2.05) is 0 Å². The molecule has 0 aromatic carbocycles. The lowest BCUT2D eigenvalue weighted by Crippen LogP contribution is -2.01. The summed E-state index contributed by atoms with van der Waals surface area (Å²) in [6.07, 6.45) is 5.90. The van der Waals surface area contributed by atoms with Crippen molar-refractivity contribution in [3.05, 3.63) is 24.3 Å². The minimum atomic E-state index is -0.0650. The van der Waals surface area contributed by atoms with E-state index >= 15 is 0 Å². The summed E-state index contributed by atoms with van der Waals surface area (Å²) < 4.78 is 0. The zero-order valence-corrected chi connectivity index (χ0v) is 9.48. The van der Waals surface area contributed by atoms with E-state index in [2.05, 4.69) is 15.0 Å². The summed E-state index contributed by atoms with van der Waals surface area (Å²) in [4.78, 5) is 22.9. The van der Waals surface area contributed by atoms with Crippen molar-refractivity contribution in [3.8, 4) is 0 Å². The summed E-state index contributed by atoms with van der Waals surface area (Å²) in [5.41, 5.74) is 1.53. The highest BCUT2D eigenvalue weighted by Crippen LogP contribution is 2.11. The van der Waals surface area contributed by atoms with Crippen molar-refractivity contribution in [3.63, 3.8) is 0 Å². The van der Waals surface area contributed by atoms with Crippen molar-refractivity contribution in [2.45, 2.75) is 25.7 Å². The zero-order valence-electron chi connectivity index (χ0n) is 9.48. The molecule has 17 heavy (non-hydrogen) atoms. The molecule has 5 nitrogen and oxygen atoms in total. The van der Waals surface area contributed by atoms with Gasteiger partial charge in [-0.15, -0.1) is 0 Å². The van der Waals surface area contributed by atoms with Crippen molar-refractivity contribution in [2.24, 2.45) is 0 Å². The topological polar surface area (TPSA) is 78.5 Å². The number of ketones is 1. The Labute approximate surface area is 98.9 Å². The molecule has 0 saturated heterocycles. The monoisotopic (exact) mass is 232 g/mol. The fraction of sp³-hybridized carbons (Fsp3) is 0.417. The quantitative estimate of drug-likeness (QED) is 0.612. The summed E-state index contributed by atoms with van der Waals surface area (Å²) >= 11 is 0. The van der Waals surface area contributed by atoms with Gasteiger partial charge in [-0.05, 0) is 18.9 Å². The first-order valence-electron chi connectivity index (χ1n) is 5.72. The van der Waals surface area contributed by atoms with E-state index < -0.39 is 0 Å². The lowest BCUT2D eigenvalue weighted by atomic mass is 10.1. The van der Waals surface area contributed by atoms with Gasteiger partial charge in [-0.2, -0.15) is 0 Å². The molecule has 0 aliphatic carbocycles. The van der Waals surface area contributed by atoms with Crippen LogP contribution in [0.1, 0.15) is 36.3 Å². The number of Topliss-reactive ketones (excluding diaryl/α,β-unsaturated/α-hetero) is 1. The highest BCUT2D eigenvalue weighted by Gasteiger charge is 2.10. The molecule has 0 aliphatic rings. The van der Waals surface area contributed by atoms with Gasteiger partial charge in [-0.1, -0.05) is 6.42 Å². The maximum atomic E-state index is 11.8. The Kier molecular flexibility index (Phi) is 3.82. The number of aromatic amines is 1. The first-order valence-corrected chi connectivity index (χ1v) is 5.72. The molecule has 5 heteroatoms. The Morgan fingerprint density at radius 2 is 2.18 bits per heavy atom. The predicted molar refractivity (Wildman–Crippen MR) is 62.2 cm³/mol. The molecule has 2 heterocycles. The minimum Gasteiger partial charge on any atom is -0.335 e. The van der Waals surface area contributed by atoms with Crippen molar-refractivity contribution in [2.75, 3.05) is 6.61 Å². The molecule has 0 bridgehead atoms. The molecule has 1 radical (unpaired) electrons. The number of rotatable bonds is 6. The average Bonchev–Trinajstić information content (AvgIpc) is 2.78. The molecule has 89 valence electrons. The molecule has 0 fully saturated rings. The van der Waals surface area contributed by atoms with Crippen molar-refractivity contribution < 1.29 is 9.90 Å².